The second-order valence-electron chi connectivity index (χ2n) is 6.24. The molecule has 0 atom stereocenters. The summed E-state index contributed by atoms with van der Waals surface area (Å²) in [5, 5.41) is 7.71. The average Bonchev–Trinajstić information content (AvgIpc) is 2.71. The fourth-order valence-corrected chi connectivity index (χ4v) is 2.66. The highest BCUT2D eigenvalue weighted by atomic mass is 19.4. The fraction of sp³-hybridized carbons (Fsp3) is 0.286. The maximum Gasteiger partial charge on any atom is 0.573 e. The molecular formula is C21H21F3N2O5. The first-order valence-corrected chi connectivity index (χ1v) is 8.97. The van der Waals surface area contributed by atoms with Gasteiger partial charge in [0.25, 0.3) is 0 Å². The van der Waals surface area contributed by atoms with E-state index in [0.717, 1.165) is 5.56 Å². The zero-order valence-electron chi connectivity index (χ0n) is 17.3. The van der Waals surface area contributed by atoms with E-state index in [4.69, 9.17) is 14.4 Å². The molecule has 31 heavy (non-hydrogen) atoms. The van der Waals surface area contributed by atoms with Crippen LogP contribution in [0.15, 0.2) is 52.8 Å². The van der Waals surface area contributed by atoms with Crippen LogP contribution in [0.2, 0.25) is 0 Å². The number of rotatable bonds is 8. The zero-order chi connectivity index (χ0) is 23.0. The molecule has 0 aliphatic rings. The van der Waals surface area contributed by atoms with Crippen LogP contribution >= 0.6 is 0 Å². The van der Waals surface area contributed by atoms with Gasteiger partial charge in [-0.25, -0.2) is 4.79 Å². The van der Waals surface area contributed by atoms with Gasteiger partial charge in [0.1, 0.15) is 19.5 Å². The smallest absolute Gasteiger partial charge is 0.464 e. The molecular weight excluding hydrogens is 417 g/mol. The van der Waals surface area contributed by atoms with E-state index in [2.05, 4.69) is 15.0 Å². The number of benzene rings is 2. The number of hydrogen-bond donors (Lipinski definition) is 0. The number of carbonyl (C=O) groups excluding carboxylic acids is 1. The van der Waals surface area contributed by atoms with Crippen molar-refractivity contribution in [2.45, 2.75) is 26.8 Å². The lowest BCUT2D eigenvalue weighted by molar-refractivity contribution is -0.274. The number of esters is 1. The molecule has 166 valence electrons. The Hall–Kier alpha value is -3.56. The molecule has 0 heterocycles. The normalized spacial score (nSPS) is 12.4. The van der Waals surface area contributed by atoms with E-state index in [-0.39, 0.29) is 18.1 Å². The third-order valence-electron chi connectivity index (χ3n) is 4.12. The highest BCUT2D eigenvalue weighted by molar-refractivity contribution is 6.43. The second kappa shape index (κ2) is 10.5. The molecule has 2 aromatic rings. The van der Waals surface area contributed by atoms with E-state index in [1.807, 2.05) is 13.0 Å². The third-order valence-corrected chi connectivity index (χ3v) is 4.12. The Labute approximate surface area is 177 Å². The van der Waals surface area contributed by atoms with Crippen LogP contribution in [0.5, 0.6) is 5.75 Å². The van der Waals surface area contributed by atoms with Crippen LogP contribution in [0.3, 0.4) is 0 Å². The van der Waals surface area contributed by atoms with Crippen LogP contribution in [0.4, 0.5) is 13.2 Å². The first kappa shape index (κ1) is 23.7. The SMILES string of the molecule is CO/N=C(/C(=O)OC)c1cccc(C)c1CO/N=C(\C)c1cccc(OC(F)(F)F)c1. The van der Waals surface area contributed by atoms with Crippen LogP contribution in [0, 0.1) is 6.92 Å². The first-order chi connectivity index (χ1) is 14.7. The third kappa shape index (κ3) is 6.73. The summed E-state index contributed by atoms with van der Waals surface area (Å²) in [7, 11) is 2.53. The Bertz CT molecular complexity index is 987. The minimum atomic E-state index is -4.79. The number of nitrogens with zero attached hydrogens (tertiary/aromatic N) is 2. The molecule has 10 heteroatoms. The number of alkyl halides is 3. The Morgan fingerprint density at radius 2 is 1.77 bits per heavy atom. The van der Waals surface area contributed by atoms with Crippen LogP contribution < -0.4 is 4.74 Å². The molecule has 0 radical (unpaired) electrons. The second-order valence-corrected chi connectivity index (χ2v) is 6.24. The van der Waals surface area contributed by atoms with Crippen molar-refractivity contribution in [2.24, 2.45) is 10.3 Å². The zero-order valence-corrected chi connectivity index (χ0v) is 17.3. The molecule has 0 aromatic heterocycles. The van der Waals surface area contributed by atoms with E-state index < -0.39 is 12.3 Å². The average molecular weight is 438 g/mol. The molecule has 0 spiro atoms. The number of aryl methyl sites for hydroxylation is 1. The van der Waals surface area contributed by atoms with E-state index >= 15 is 0 Å². The minimum absolute atomic E-state index is 0.0299. The highest BCUT2D eigenvalue weighted by Crippen LogP contribution is 2.24. The van der Waals surface area contributed by atoms with E-state index in [1.165, 1.54) is 32.4 Å². The molecule has 0 bridgehead atoms. The number of ether oxygens (including phenoxy) is 2. The summed E-state index contributed by atoms with van der Waals surface area (Å²) in [6.45, 7) is 3.37. The van der Waals surface area contributed by atoms with Gasteiger partial charge in [-0.1, -0.05) is 40.6 Å². The molecule has 0 amide bonds. The molecule has 0 fully saturated rings. The van der Waals surface area contributed by atoms with Crippen LogP contribution in [0.25, 0.3) is 0 Å². The van der Waals surface area contributed by atoms with Gasteiger partial charge >= 0.3 is 12.3 Å². The number of hydrogen-bond acceptors (Lipinski definition) is 7. The first-order valence-electron chi connectivity index (χ1n) is 8.97. The van der Waals surface area contributed by atoms with Gasteiger partial charge in [0.05, 0.1) is 12.8 Å². The van der Waals surface area contributed by atoms with Gasteiger partial charge in [0, 0.05) is 16.7 Å². The molecule has 7 nitrogen and oxygen atoms in total. The summed E-state index contributed by atoms with van der Waals surface area (Å²) in [6.07, 6.45) is -4.79. The predicted octanol–water partition coefficient (Wildman–Crippen LogP) is 4.36. The van der Waals surface area contributed by atoms with Crippen LogP contribution in [0.1, 0.15) is 29.2 Å². The van der Waals surface area contributed by atoms with Gasteiger partial charge < -0.3 is 19.1 Å². The summed E-state index contributed by atoms with van der Waals surface area (Å²) in [6, 6.07) is 10.6. The standard InChI is InChI=1S/C21H21F3N2O5/c1-13-7-5-10-17(19(26-29-4)20(27)28-3)18(13)12-30-25-14(2)15-8-6-9-16(11-15)31-21(22,23)24/h5-11H,12H2,1-4H3/b25-14+,26-19+. The van der Waals surface area contributed by atoms with Crippen molar-refractivity contribution in [3.8, 4) is 5.75 Å². The monoisotopic (exact) mass is 438 g/mol. The van der Waals surface area contributed by atoms with Gasteiger partial charge in [-0.3, -0.25) is 0 Å². The Morgan fingerprint density at radius 3 is 2.42 bits per heavy atom. The largest absolute Gasteiger partial charge is 0.573 e. The van der Waals surface area contributed by atoms with Gasteiger partial charge in [-0.15, -0.1) is 13.2 Å². The predicted molar refractivity (Wildman–Crippen MR) is 107 cm³/mol. The quantitative estimate of drug-likeness (QED) is 0.348. The number of oxime groups is 2. The van der Waals surface area contributed by atoms with Crippen LogP contribution in [-0.2, 0) is 25.8 Å². The van der Waals surface area contributed by atoms with Crippen molar-refractivity contribution in [1.82, 2.24) is 0 Å². The molecule has 0 aliphatic heterocycles. The summed E-state index contributed by atoms with van der Waals surface area (Å²) >= 11 is 0. The van der Waals surface area contributed by atoms with Crippen molar-refractivity contribution in [3.05, 3.63) is 64.7 Å². The van der Waals surface area contributed by atoms with E-state index in [9.17, 15) is 18.0 Å². The summed E-state index contributed by atoms with van der Waals surface area (Å²) in [5.74, 6) is -1.05. The van der Waals surface area contributed by atoms with Gasteiger partial charge in [0.2, 0.25) is 0 Å². The lowest BCUT2D eigenvalue weighted by atomic mass is 9.99. The lowest BCUT2D eigenvalue weighted by Crippen LogP contribution is -2.20. The molecule has 0 unspecified atom stereocenters. The molecule has 0 saturated carbocycles. The van der Waals surface area contributed by atoms with Crippen molar-refractivity contribution < 1.29 is 37.1 Å². The highest BCUT2D eigenvalue weighted by Gasteiger charge is 2.31. The molecule has 2 rings (SSSR count). The number of halogens is 3. The van der Waals surface area contributed by atoms with Crippen molar-refractivity contribution in [1.29, 1.82) is 0 Å². The Balaban J connectivity index is 2.24. The lowest BCUT2D eigenvalue weighted by Gasteiger charge is -2.13. The Morgan fingerprint density at radius 1 is 1.06 bits per heavy atom. The van der Waals surface area contributed by atoms with Crippen LogP contribution in [-0.4, -0.2) is 38.0 Å². The van der Waals surface area contributed by atoms with Gasteiger partial charge in [0.15, 0.2) is 5.71 Å². The fourth-order valence-electron chi connectivity index (χ4n) is 2.66. The summed E-state index contributed by atoms with van der Waals surface area (Å²) in [4.78, 5) is 22.2. The summed E-state index contributed by atoms with van der Waals surface area (Å²) in [5.41, 5.74) is 2.56. The Kier molecular flexibility index (Phi) is 8.00. The number of carbonyl (C=O) groups is 1. The molecule has 0 aliphatic carbocycles. The maximum atomic E-state index is 12.4. The molecule has 0 N–H and O–H groups in total. The molecule has 0 saturated heterocycles. The molecule has 2 aromatic carbocycles. The van der Waals surface area contributed by atoms with Crippen molar-refractivity contribution >= 4 is 17.4 Å². The van der Waals surface area contributed by atoms with Crippen molar-refractivity contribution in [2.75, 3.05) is 14.2 Å². The van der Waals surface area contributed by atoms with Crippen molar-refractivity contribution in [3.63, 3.8) is 0 Å². The van der Waals surface area contributed by atoms with Gasteiger partial charge in [-0.2, -0.15) is 0 Å². The summed E-state index contributed by atoms with van der Waals surface area (Å²) < 4.78 is 45.9. The topological polar surface area (TPSA) is 78.7 Å². The van der Waals surface area contributed by atoms with E-state index in [0.29, 0.717) is 22.4 Å². The maximum absolute atomic E-state index is 12.4. The van der Waals surface area contributed by atoms with E-state index in [1.54, 1.807) is 25.1 Å². The minimum Gasteiger partial charge on any atom is -0.464 e. The van der Waals surface area contributed by atoms with Gasteiger partial charge in [-0.05, 0) is 31.5 Å². The number of methoxy groups -OCH3 is 1.